The first-order valence-electron chi connectivity index (χ1n) is 5.10. The van der Waals surface area contributed by atoms with Gasteiger partial charge in [-0.3, -0.25) is 0 Å². The molecule has 0 radical (unpaired) electrons. The zero-order chi connectivity index (χ0) is 11.7. The molecule has 0 saturated heterocycles. The van der Waals surface area contributed by atoms with E-state index in [0.717, 1.165) is 25.7 Å². The molecule has 0 atom stereocenters. The molecule has 0 spiro atoms. The lowest BCUT2D eigenvalue weighted by atomic mass is 10.4. The summed E-state index contributed by atoms with van der Waals surface area (Å²) in [6.45, 7) is 8.19. The lowest BCUT2D eigenvalue weighted by molar-refractivity contribution is 0.888. The molecule has 0 aromatic carbocycles. The van der Waals surface area contributed by atoms with Gasteiger partial charge in [0, 0.05) is 6.04 Å². The smallest absolute Gasteiger partial charge is 0.206 e. The summed E-state index contributed by atoms with van der Waals surface area (Å²) in [6.07, 6.45) is 0. The summed E-state index contributed by atoms with van der Waals surface area (Å²) >= 11 is 3.25. The van der Waals surface area contributed by atoms with E-state index in [0.29, 0.717) is 6.04 Å². The summed E-state index contributed by atoms with van der Waals surface area (Å²) in [6, 6.07) is 0.380. The molecule has 0 fully saturated rings. The number of nitrogens with zero attached hydrogens (tertiary/aromatic N) is 3. The molecular weight excluding hydrogens is 240 g/mol. The molecule has 2 aromatic heterocycles. The first-order valence-corrected chi connectivity index (χ1v) is 6.74. The summed E-state index contributed by atoms with van der Waals surface area (Å²) in [5.74, 6) is 0. The number of aryl methyl sites for hydroxylation is 2. The summed E-state index contributed by atoms with van der Waals surface area (Å²) < 4.78 is 0. The maximum Gasteiger partial charge on any atom is 0.206 e. The molecule has 0 saturated carbocycles. The van der Waals surface area contributed by atoms with Gasteiger partial charge in [-0.15, -0.1) is 21.5 Å². The van der Waals surface area contributed by atoms with Gasteiger partial charge < -0.3 is 5.32 Å². The first kappa shape index (κ1) is 11.5. The fourth-order valence-electron chi connectivity index (χ4n) is 1.35. The first-order chi connectivity index (χ1) is 7.56. The van der Waals surface area contributed by atoms with Gasteiger partial charge in [0.25, 0.3) is 0 Å². The van der Waals surface area contributed by atoms with Crippen LogP contribution < -0.4 is 5.32 Å². The highest BCUT2D eigenvalue weighted by molar-refractivity contribution is 7.23. The summed E-state index contributed by atoms with van der Waals surface area (Å²) in [4.78, 5) is 5.53. The van der Waals surface area contributed by atoms with Crippen LogP contribution in [-0.2, 0) is 0 Å². The topological polar surface area (TPSA) is 50.7 Å². The van der Waals surface area contributed by atoms with Crippen LogP contribution in [0.1, 0.15) is 24.5 Å². The molecule has 2 rings (SSSR count). The van der Waals surface area contributed by atoms with Gasteiger partial charge in [-0.05, 0) is 27.7 Å². The fraction of sp³-hybridized carbons (Fsp3) is 0.500. The van der Waals surface area contributed by atoms with Crippen LogP contribution in [0, 0.1) is 13.8 Å². The molecule has 16 heavy (non-hydrogen) atoms. The molecule has 1 N–H and O–H groups in total. The lowest BCUT2D eigenvalue weighted by Crippen LogP contribution is -2.08. The fourth-order valence-corrected chi connectivity index (χ4v) is 3.28. The minimum absolute atomic E-state index is 0.380. The van der Waals surface area contributed by atoms with Gasteiger partial charge in [0.1, 0.15) is 0 Å². The summed E-state index contributed by atoms with van der Waals surface area (Å²) in [5.41, 5.74) is 1.04. The zero-order valence-electron chi connectivity index (χ0n) is 9.74. The molecule has 6 heteroatoms. The van der Waals surface area contributed by atoms with Gasteiger partial charge in [0.05, 0.1) is 15.6 Å². The van der Waals surface area contributed by atoms with Crippen molar-refractivity contribution < 1.29 is 0 Å². The molecule has 2 aromatic rings. The van der Waals surface area contributed by atoms with Gasteiger partial charge in [0.15, 0.2) is 5.01 Å². The average molecular weight is 254 g/mol. The van der Waals surface area contributed by atoms with Crippen molar-refractivity contribution in [2.75, 3.05) is 5.32 Å². The molecule has 86 valence electrons. The van der Waals surface area contributed by atoms with E-state index in [1.807, 2.05) is 13.8 Å². The molecule has 0 aliphatic heterocycles. The number of thiazole rings is 1. The predicted molar refractivity (Wildman–Crippen MR) is 69.2 cm³/mol. The largest absolute Gasteiger partial charge is 0.358 e. The highest BCUT2D eigenvalue weighted by Crippen LogP contribution is 2.33. The van der Waals surface area contributed by atoms with Crippen molar-refractivity contribution in [1.82, 2.24) is 15.2 Å². The van der Waals surface area contributed by atoms with Crippen molar-refractivity contribution in [3.8, 4) is 9.88 Å². The minimum Gasteiger partial charge on any atom is -0.358 e. The number of rotatable bonds is 3. The Morgan fingerprint density at radius 1 is 1.12 bits per heavy atom. The van der Waals surface area contributed by atoms with Crippen molar-refractivity contribution in [3.05, 3.63) is 10.7 Å². The lowest BCUT2D eigenvalue weighted by Gasteiger charge is -2.02. The van der Waals surface area contributed by atoms with E-state index >= 15 is 0 Å². The molecular formula is C10H14N4S2. The van der Waals surface area contributed by atoms with E-state index in [2.05, 4.69) is 34.3 Å². The molecule has 0 aliphatic rings. The monoisotopic (exact) mass is 254 g/mol. The number of nitrogens with one attached hydrogen (secondary N) is 1. The van der Waals surface area contributed by atoms with Crippen molar-refractivity contribution in [2.24, 2.45) is 0 Å². The Kier molecular flexibility index (Phi) is 3.20. The highest BCUT2D eigenvalue weighted by Gasteiger charge is 2.13. The van der Waals surface area contributed by atoms with Crippen LogP contribution in [0.2, 0.25) is 0 Å². The van der Waals surface area contributed by atoms with Gasteiger partial charge >= 0.3 is 0 Å². The number of anilines is 1. The second kappa shape index (κ2) is 4.47. The highest BCUT2D eigenvalue weighted by atomic mass is 32.1. The van der Waals surface area contributed by atoms with Gasteiger partial charge in [-0.1, -0.05) is 11.3 Å². The van der Waals surface area contributed by atoms with Crippen LogP contribution in [0.15, 0.2) is 0 Å². The van der Waals surface area contributed by atoms with E-state index in [-0.39, 0.29) is 0 Å². The molecule has 0 aliphatic carbocycles. The van der Waals surface area contributed by atoms with Crippen LogP contribution in [0.5, 0.6) is 0 Å². The van der Waals surface area contributed by atoms with Gasteiger partial charge in [-0.2, -0.15) is 0 Å². The summed E-state index contributed by atoms with van der Waals surface area (Å²) in [5, 5.41) is 14.5. The SMILES string of the molecule is Cc1nc(C)c(-c2nnc(NC(C)C)s2)s1. The van der Waals surface area contributed by atoms with E-state index in [9.17, 15) is 0 Å². The Hall–Kier alpha value is -1.01. The zero-order valence-corrected chi connectivity index (χ0v) is 11.4. The Morgan fingerprint density at radius 2 is 1.88 bits per heavy atom. The van der Waals surface area contributed by atoms with E-state index in [4.69, 9.17) is 0 Å². The van der Waals surface area contributed by atoms with E-state index < -0.39 is 0 Å². The minimum atomic E-state index is 0.380. The van der Waals surface area contributed by atoms with E-state index in [1.165, 1.54) is 0 Å². The molecule has 4 nitrogen and oxygen atoms in total. The molecule has 2 heterocycles. The normalized spacial score (nSPS) is 11.1. The Labute approximate surface area is 103 Å². The van der Waals surface area contributed by atoms with Gasteiger partial charge in [-0.25, -0.2) is 4.98 Å². The third-order valence-electron chi connectivity index (χ3n) is 1.93. The van der Waals surface area contributed by atoms with Crippen LogP contribution in [0.3, 0.4) is 0 Å². The van der Waals surface area contributed by atoms with Crippen LogP contribution in [0.25, 0.3) is 9.88 Å². The van der Waals surface area contributed by atoms with E-state index in [1.54, 1.807) is 22.7 Å². The number of hydrogen-bond donors (Lipinski definition) is 1. The predicted octanol–water partition coefficient (Wildman–Crippen LogP) is 3.10. The maximum absolute atomic E-state index is 4.39. The molecule has 0 bridgehead atoms. The Balaban J connectivity index is 2.28. The quantitative estimate of drug-likeness (QED) is 0.914. The van der Waals surface area contributed by atoms with Crippen LogP contribution >= 0.6 is 22.7 Å². The molecule has 0 amide bonds. The molecule has 0 unspecified atom stereocenters. The van der Waals surface area contributed by atoms with Gasteiger partial charge in [0.2, 0.25) is 5.13 Å². The van der Waals surface area contributed by atoms with Crippen LogP contribution in [-0.4, -0.2) is 21.2 Å². The summed E-state index contributed by atoms with van der Waals surface area (Å²) in [7, 11) is 0. The third kappa shape index (κ3) is 2.38. The maximum atomic E-state index is 4.39. The second-order valence-corrected chi connectivity index (χ2v) is 6.04. The Morgan fingerprint density at radius 3 is 2.44 bits per heavy atom. The Bertz CT molecular complexity index is 487. The third-order valence-corrected chi connectivity index (χ3v) is 4.02. The van der Waals surface area contributed by atoms with Crippen LogP contribution in [0.4, 0.5) is 5.13 Å². The average Bonchev–Trinajstić information content (AvgIpc) is 2.72. The van der Waals surface area contributed by atoms with Crippen molar-refractivity contribution >= 4 is 27.8 Å². The van der Waals surface area contributed by atoms with Crippen molar-refractivity contribution in [3.63, 3.8) is 0 Å². The van der Waals surface area contributed by atoms with Crippen molar-refractivity contribution in [1.29, 1.82) is 0 Å². The second-order valence-electron chi connectivity index (χ2n) is 3.86. The number of hydrogen-bond acceptors (Lipinski definition) is 6. The number of aromatic nitrogens is 3. The van der Waals surface area contributed by atoms with Crippen molar-refractivity contribution in [2.45, 2.75) is 33.7 Å². The standard InChI is InChI=1S/C10H14N4S2/c1-5(2)11-10-14-13-9(16-10)8-6(3)12-7(4)15-8/h5H,1-4H3,(H,11,14).